The van der Waals surface area contributed by atoms with Crippen LogP contribution in [0.3, 0.4) is 0 Å². The van der Waals surface area contributed by atoms with E-state index in [1.54, 1.807) is 0 Å². The van der Waals surface area contributed by atoms with Crippen LogP contribution in [0.15, 0.2) is 66.8 Å². The van der Waals surface area contributed by atoms with Gasteiger partial charge in [-0.2, -0.15) is 0 Å². The number of hydrogen-bond acceptors (Lipinski definition) is 3. The summed E-state index contributed by atoms with van der Waals surface area (Å²) in [6.07, 6.45) is 11.2. The normalized spacial score (nSPS) is 31.4. The molecule has 4 aliphatic rings. The van der Waals surface area contributed by atoms with Crippen LogP contribution in [0.25, 0.3) is 0 Å². The van der Waals surface area contributed by atoms with Crippen LogP contribution in [0.5, 0.6) is 0 Å². The Morgan fingerprint density at radius 2 is 1.68 bits per heavy atom. The molecule has 2 aliphatic carbocycles. The van der Waals surface area contributed by atoms with Crippen LogP contribution in [-0.4, -0.2) is 11.5 Å². The van der Waals surface area contributed by atoms with Crippen molar-refractivity contribution >= 4 is 11.4 Å². The molecule has 4 nitrogen and oxygen atoms in total. The molecule has 4 heteroatoms. The van der Waals surface area contributed by atoms with Crippen LogP contribution >= 0.6 is 0 Å². The molecule has 0 saturated heterocycles. The highest BCUT2D eigenvalue weighted by Crippen LogP contribution is 2.59. The second kappa shape index (κ2) is 5.81. The molecule has 2 aliphatic heterocycles. The van der Waals surface area contributed by atoms with Gasteiger partial charge in [-0.25, -0.2) is 0 Å². The summed E-state index contributed by atoms with van der Waals surface area (Å²) in [6, 6.07) is 14.8. The zero-order valence-corrected chi connectivity index (χ0v) is 15.6. The van der Waals surface area contributed by atoms with Gasteiger partial charge >= 0.3 is 0 Å². The molecule has 2 aromatic carbocycles. The molecule has 2 aromatic rings. The summed E-state index contributed by atoms with van der Waals surface area (Å²) in [5.41, 5.74) is 5.19. The van der Waals surface area contributed by atoms with Gasteiger partial charge < -0.3 is 4.90 Å². The molecule has 0 radical (unpaired) electrons. The first-order chi connectivity index (χ1) is 13.7. The first-order valence-corrected chi connectivity index (χ1v) is 10.2. The molecule has 0 aromatic heterocycles. The molecule has 0 fully saturated rings. The molecular formula is C24H22N2O2. The monoisotopic (exact) mass is 370 g/mol. The van der Waals surface area contributed by atoms with Crippen molar-refractivity contribution < 1.29 is 4.92 Å². The lowest BCUT2D eigenvalue weighted by Crippen LogP contribution is -2.46. The van der Waals surface area contributed by atoms with Crippen molar-refractivity contribution in [1.82, 2.24) is 0 Å². The van der Waals surface area contributed by atoms with Gasteiger partial charge in [-0.15, -0.1) is 0 Å². The predicted molar refractivity (Wildman–Crippen MR) is 110 cm³/mol. The number of rotatable bonds is 2. The van der Waals surface area contributed by atoms with E-state index in [9.17, 15) is 10.1 Å². The second-order valence-corrected chi connectivity index (χ2v) is 8.54. The van der Waals surface area contributed by atoms with Crippen molar-refractivity contribution in [3.8, 4) is 0 Å². The largest absolute Gasteiger partial charge is 0.363 e. The van der Waals surface area contributed by atoms with Gasteiger partial charge in [0.1, 0.15) is 0 Å². The Kier molecular flexibility index (Phi) is 3.34. The molecule has 5 atom stereocenters. The lowest BCUT2D eigenvalue weighted by molar-refractivity contribution is -0.385. The summed E-state index contributed by atoms with van der Waals surface area (Å²) < 4.78 is 0. The molecule has 0 spiro atoms. The van der Waals surface area contributed by atoms with Gasteiger partial charge in [0, 0.05) is 36.2 Å². The van der Waals surface area contributed by atoms with Crippen LogP contribution in [0.1, 0.15) is 47.4 Å². The minimum atomic E-state index is -0.222. The van der Waals surface area contributed by atoms with Gasteiger partial charge in [0.15, 0.2) is 0 Å². The number of nitro benzene ring substituents is 1. The van der Waals surface area contributed by atoms with Crippen molar-refractivity contribution in [2.24, 2.45) is 11.8 Å². The highest BCUT2D eigenvalue weighted by molar-refractivity contribution is 5.72. The van der Waals surface area contributed by atoms with Crippen LogP contribution in [-0.2, 0) is 0 Å². The maximum Gasteiger partial charge on any atom is 0.270 e. The molecule has 28 heavy (non-hydrogen) atoms. The summed E-state index contributed by atoms with van der Waals surface area (Å²) >= 11 is 0. The third-order valence-corrected chi connectivity index (χ3v) is 7.19. The number of benzene rings is 2. The van der Waals surface area contributed by atoms with Crippen LogP contribution < -0.4 is 4.90 Å². The molecule has 2 heterocycles. The highest BCUT2D eigenvalue weighted by atomic mass is 16.6. The van der Waals surface area contributed by atoms with E-state index in [2.05, 4.69) is 59.5 Å². The number of nitro groups is 1. The maximum atomic E-state index is 11.7. The molecule has 0 N–H and O–H groups in total. The number of nitrogens with zero attached hydrogens (tertiary/aromatic N) is 2. The molecule has 6 rings (SSSR count). The van der Waals surface area contributed by atoms with Gasteiger partial charge in [0.05, 0.1) is 11.0 Å². The number of allylic oxidation sites excluding steroid dienone is 4. The summed E-state index contributed by atoms with van der Waals surface area (Å²) in [5.74, 6) is 1.52. The number of anilines is 1. The predicted octanol–water partition coefficient (Wildman–Crippen LogP) is 5.49. The average molecular weight is 370 g/mol. The van der Waals surface area contributed by atoms with E-state index >= 15 is 0 Å². The average Bonchev–Trinajstić information content (AvgIpc) is 3.38. The van der Waals surface area contributed by atoms with E-state index in [0.29, 0.717) is 23.8 Å². The topological polar surface area (TPSA) is 46.4 Å². The standard InChI is InChI=1S/C24H22N2O2/c27-26(28)17-12-21-18-9-4-8-16(18)14-25-23(15-6-2-1-3-7-15)20-11-5-10-19(20)22(13-17)24(21)25/h1-7,9-10,12-13,16,18-20,23H,8,11,14H2/t16-,18+,19+,20-,23-/m0/s1. The van der Waals surface area contributed by atoms with Crippen molar-refractivity contribution in [2.45, 2.75) is 30.7 Å². The van der Waals surface area contributed by atoms with Crippen molar-refractivity contribution in [3.05, 3.63) is 93.6 Å². The number of hydrogen-bond donors (Lipinski definition) is 0. The first kappa shape index (κ1) is 16.1. The Balaban J connectivity index is 1.61. The molecule has 0 bridgehead atoms. The van der Waals surface area contributed by atoms with Crippen LogP contribution in [0.4, 0.5) is 11.4 Å². The summed E-state index contributed by atoms with van der Waals surface area (Å²) in [4.78, 5) is 14.0. The zero-order valence-electron chi connectivity index (χ0n) is 15.6. The number of fused-ring (bicyclic) bond motifs is 4. The first-order valence-electron chi connectivity index (χ1n) is 10.2. The van der Waals surface area contributed by atoms with Crippen LogP contribution in [0, 0.1) is 22.0 Å². The summed E-state index contributed by atoms with van der Waals surface area (Å²) in [7, 11) is 0. The Hall–Kier alpha value is -2.88. The fraction of sp³-hybridized carbons (Fsp3) is 0.333. The van der Waals surface area contributed by atoms with E-state index in [0.717, 1.165) is 30.5 Å². The third-order valence-electron chi connectivity index (χ3n) is 7.19. The number of non-ortho nitro benzene ring substituents is 1. The van der Waals surface area contributed by atoms with Gasteiger partial charge in [-0.1, -0.05) is 54.6 Å². The van der Waals surface area contributed by atoms with E-state index < -0.39 is 0 Å². The lowest BCUT2D eigenvalue weighted by Gasteiger charge is -2.51. The molecule has 0 saturated carbocycles. The van der Waals surface area contributed by atoms with Gasteiger partial charge in [0.2, 0.25) is 0 Å². The fourth-order valence-electron chi connectivity index (χ4n) is 6.09. The Morgan fingerprint density at radius 1 is 0.964 bits per heavy atom. The Bertz CT molecular complexity index is 1010. The SMILES string of the molecule is O=[N+]([O-])c1cc2c3c(c1)[C@@H]1C=CC[C@@H]1[C@H](c1ccccc1)N3C[C@@H]1CC=C[C@@H]21. The lowest BCUT2D eigenvalue weighted by atomic mass is 9.70. The summed E-state index contributed by atoms with van der Waals surface area (Å²) in [5, 5.41) is 11.7. The van der Waals surface area contributed by atoms with E-state index in [4.69, 9.17) is 0 Å². The molecular weight excluding hydrogens is 348 g/mol. The Labute approximate surface area is 164 Å². The van der Waals surface area contributed by atoms with E-state index in [1.165, 1.54) is 11.3 Å². The van der Waals surface area contributed by atoms with Crippen molar-refractivity contribution in [3.63, 3.8) is 0 Å². The third kappa shape index (κ3) is 2.12. The minimum absolute atomic E-state index is 0.222. The summed E-state index contributed by atoms with van der Waals surface area (Å²) in [6.45, 7) is 1.03. The van der Waals surface area contributed by atoms with Gasteiger partial charge in [-0.3, -0.25) is 10.1 Å². The quantitative estimate of drug-likeness (QED) is 0.399. The van der Waals surface area contributed by atoms with E-state index in [-0.39, 0.29) is 16.5 Å². The van der Waals surface area contributed by atoms with Crippen molar-refractivity contribution in [2.75, 3.05) is 11.4 Å². The second-order valence-electron chi connectivity index (χ2n) is 8.54. The minimum Gasteiger partial charge on any atom is -0.363 e. The molecule has 140 valence electrons. The van der Waals surface area contributed by atoms with Gasteiger partial charge in [-0.05, 0) is 41.4 Å². The smallest absolute Gasteiger partial charge is 0.270 e. The van der Waals surface area contributed by atoms with Crippen molar-refractivity contribution in [1.29, 1.82) is 0 Å². The van der Waals surface area contributed by atoms with Crippen LogP contribution in [0.2, 0.25) is 0 Å². The Morgan fingerprint density at radius 3 is 2.46 bits per heavy atom. The maximum absolute atomic E-state index is 11.7. The zero-order chi connectivity index (χ0) is 18.8. The molecule has 0 amide bonds. The highest BCUT2D eigenvalue weighted by Gasteiger charge is 2.48. The van der Waals surface area contributed by atoms with Gasteiger partial charge in [0.25, 0.3) is 5.69 Å². The molecule has 0 unspecified atom stereocenters. The van der Waals surface area contributed by atoms with E-state index in [1.807, 2.05) is 12.1 Å². The fourth-order valence-corrected chi connectivity index (χ4v) is 6.09.